The van der Waals surface area contributed by atoms with E-state index in [4.69, 9.17) is 11.6 Å². The van der Waals surface area contributed by atoms with Crippen molar-refractivity contribution in [2.45, 2.75) is 13.3 Å². The number of nitrogens with one attached hydrogen (secondary N) is 2. The van der Waals surface area contributed by atoms with Gasteiger partial charge in [-0.3, -0.25) is 9.52 Å². The molecule has 34 heavy (non-hydrogen) atoms. The van der Waals surface area contributed by atoms with Crippen LogP contribution in [0.15, 0.2) is 48.8 Å². The van der Waals surface area contributed by atoms with Gasteiger partial charge in [0.15, 0.2) is 23.2 Å². The first-order chi connectivity index (χ1) is 16.1. The molecule has 0 aliphatic heterocycles. The molecule has 0 aliphatic carbocycles. The summed E-state index contributed by atoms with van der Waals surface area (Å²) >= 11 is 5.92. The van der Waals surface area contributed by atoms with Crippen LogP contribution >= 0.6 is 11.6 Å². The van der Waals surface area contributed by atoms with Gasteiger partial charge < -0.3 is 4.98 Å². The molecule has 0 saturated heterocycles. The maximum absolute atomic E-state index is 15.1. The number of carbonyl (C=O) groups is 1. The van der Waals surface area contributed by atoms with Gasteiger partial charge in [0.2, 0.25) is 10.0 Å². The minimum atomic E-state index is -4.15. The molecule has 0 spiro atoms. The molecular formula is C23H17ClF3N3O3S. The topological polar surface area (TPSA) is 91.9 Å². The van der Waals surface area contributed by atoms with Gasteiger partial charge in [-0.15, -0.1) is 0 Å². The molecule has 0 atom stereocenters. The van der Waals surface area contributed by atoms with Crippen molar-refractivity contribution in [3.8, 4) is 11.1 Å². The summed E-state index contributed by atoms with van der Waals surface area (Å²) < 4.78 is 69.4. The Labute approximate surface area is 197 Å². The number of halogens is 4. The van der Waals surface area contributed by atoms with Crippen LogP contribution in [0.2, 0.25) is 5.02 Å². The molecule has 176 valence electrons. The number of sulfonamides is 1. The fourth-order valence-electron chi connectivity index (χ4n) is 3.47. The summed E-state index contributed by atoms with van der Waals surface area (Å²) in [6, 6.07) is 8.91. The molecule has 0 radical (unpaired) electrons. The molecule has 6 nitrogen and oxygen atoms in total. The van der Waals surface area contributed by atoms with Crippen LogP contribution in [-0.2, 0) is 10.0 Å². The Balaban J connectivity index is 1.80. The van der Waals surface area contributed by atoms with Gasteiger partial charge in [0.1, 0.15) is 11.3 Å². The molecule has 0 saturated carbocycles. The molecule has 2 aromatic carbocycles. The van der Waals surface area contributed by atoms with E-state index in [0.29, 0.717) is 27.7 Å². The highest BCUT2D eigenvalue weighted by Crippen LogP contribution is 2.31. The highest BCUT2D eigenvalue weighted by atomic mass is 35.5. The van der Waals surface area contributed by atoms with Crippen LogP contribution in [-0.4, -0.2) is 29.9 Å². The van der Waals surface area contributed by atoms with E-state index in [-0.39, 0.29) is 12.0 Å². The van der Waals surface area contributed by atoms with Crippen LogP contribution in [0.5, 0.6) is 0 Å². The number of aromatic amines is 1. The third kappa shape index (κ3) is 4.51. The normalized spacial score (nSPS) is 11.7. The number of nitrogens with zero attached hydrogens (tertiary/aromatic N) is 1. The third-order valence-corrected chi connectivity index (χ3v) is 6.80. The summed E-state index contributed by atoms with van der Waals surface area (Å²) in [7, 11) is -4.15. The zero-order chi connectivity index (χ0) is 24.6. The maximum atomic E-state index is 15.1. The van der Waals surface area contributed by atoms with Gasteiger partial charge in [-0.25, -0.2) is 26.6 Å². The Morgan fingerprint density at radius 3 is 2.44 bits per heavy atom. The van der Waals surface area contributed by atoms with E-state index in [1.54, 1.807) is 48.2 Å². The lowest BCUT2D eigenvalue weighted by atomic mass is 10.00. The first kappa shape index (κ1) is 23.8. The molecule has 0 unspecified atom stereocenters. The van der Waals surface area contributed by atoms with Gasteiger partial charge >= 0.3 is 0 Å². The Morgan fingerprint density at radius 1 is 1.06 bits per heavy atom. The molecule has 4 aromatic rings. The van der Waals surface area contributed by atoms with E-state index in [0.717, 1.165) is 5.56 Å². The highest BCUT2D eigenvalue weighted by molar-refractivity contribution is 7.92. The molecule has 0 bridgehead atoms. The van der Waals surface area contributed by atoms with Crippen LogP contribution in [0.25, 0.3) is 22.2 Å². The number of carbonyl (C=O) groups excluding carboxylic acids is 1. The number of rotatable bonds is 7. The monoisotopic (exact) mass is 507 g/mol. The second kappa shape index (κ2) is 9.11. The molecule has 11 heteroatoms. The lowest BCUT2D eigenvalue weighted by Gasteiger charge is -2.12. The third-order valence-electron chi connectivity index (χ3n) is 5.08. The molecule has 2 heterocycles. The summed E-state index contributed by atoms with van der Waals surface area (Å²) in [4.78, 5) is 20.2. The average molecular weight is 508 g/mol. The number of fused-ring (bicyclic) bond motifs is 1. The van der Waals surface area contributed by atoms with E-state index >= 15 is 4.39 Å². The minimum Gasteiger partial charge on any atom is -0.345 e. The molecule has 2 aromatic heterocycles. The Bertz CT molecular complexity index is 1520. The number of hydrogen-bond acceptors (Lipinski definition) is 4. The summed E-state index contributed by atoms with van der Waals surface area (Å²) in [5.41, 5.74) is -0.414. The predicted octanol–water partition coefficient (Wildman–Crippen LogP) is 5.68. The van der Waals surface area contributed by atoms with Crippen LogP contribution < -0.4 is 4.72 Å². The van der Waals surface area contributed by atoms with Gasteiger partial charge in [-0.05, 0) is 36.2 Å². The number of H-pyrrole nitrogens is 1. The van der Waals surface area contributed by atoms with Crippen LogP contribution in [0, 0.1) is 17.5 Å². The summed E-state index contributed by atoms with van der Waals surface area (Å²) in [6.45, 7) is 1.55. The van der Waals surface area contributed by atoms with Crippen molar-refractivity contribution in [2.75, 3.05) is 10.5 Å². The number of aromatic nitrogens is 2. The summed E-state index contributed by atoms with van der Waals surface area (Å²) in [5.74, 6) is -6.24. The first-order valence-electron chi connectivity index (χ1n) is 10.1. The number of anilines is 1. The van der Waals surface area contributed by atoms with Crippen LogP contribution in [0.1, 0.15) is 29.3 Å². The molecule has 0 amide bonds. The van der Waals surface area contributed by atoms with Crippen molar-refractivity contribution in [3.63, 3.8) is 0 Å². The zero-order valence-corrected chi connectivity index (χ0v) is 19.2. The van der Waals surface area contributed by atoms with Gasteiger partial charge in [0.25, 0.3) is 0 Å². The Morgan fingerprint density at radius 2 is 1.76 bits per heavy atom. The van der Waals surface area contributed by atoms with Gasteiger partial charge in [-0.1, -0.05) is 30.7 Å². The van der Waals surface area contributed by atoms with Gasteiger partial charge in [-0.2, -0.15) is 0 Å². The van der Waals surface area contributed by atoms with E-state index in [2.05, 4.69) is 9.97 Å². The predicted molar refractivity (Wildman–Crippen MR) is 124 cm³/mol. The van der Waals surface area contributed by atoms with Crippen LogP contribution in [0.3, 0.4) is 0 Å². The standard InChI is InChI=1S/C23H17ClF3N3O3S/c1-2-7-34(32,33)30-21-19(26)16(9-18(25)20(21)27)22(31)17-11-29-23-15(17)8-13(10-28-23)12-3-5-14(24)6-4-12/h3-6,8-11,30H,2,7H2,1H3,(H,28,29). The van der Waals surface area contributed by atoms with Crippen molar-refractivity contribution >= 4 is 44.1 Å². The van der Waals surface area contributed by atoms with E-state index < -0.39 is 50.3 Å². The van der Waals surface area contributed by atoms with Crippen LogP contribution in [0.4, 0.5) is 18.9 Å². The molecule has 0 fully saturated rings. The maximum Gasteiger partial charge on any atom is 0.232 e. The molecule has 0 aliphatic rings. The summed E-state index contributed by atoms with van der Waals surface area (Å²) in [6.07, 6.45) is 3.00. The second-order valence-electron chi connectivity index (χ2n) is 7.49. The number of benzene rings is 2. The largest absolute Gasteiger partial charge is 0.345 e. The quantitative estimate of drug-likeness (QED) is 0.248. The number of pyridine rings is 1. The van der Waals surface area contributed by atoms with E-state index in [9.17, 15) is 22.0 Å². The average Bonchev–Trinajstić information content (AvgIpc) is 3.22. The minimum absolute atomic E-state index is 0.0504. The van der Waals surface area contributed by atoms with E-state index in [1.165, 1.54) is 6.20 Å². The Hall–Kier alpha value is -3.37. The Kier molecular flexibility index (Phi) is 6.37. The number of ketones is 1. The highest BCUT2D eigenvalue weighted by Gasteiger charge is 2.27. The summed E-state index contributed by atoms with van der Waals surface area (Å²) in [5, 5.41) is 0.851. The van der Waals surface area contributed by atoms with Gasteiger partial charge in [0.05, 0.1) is 11.3 Å². The van der Waals surface area contributed by atoms with Crippen molar-refractivity contribution in [2.24, 2.45) is 0 Å². The molecule has 4 rings (SSSR count). The van der Waals surface area contributed by atoms with E-state index in [1.807, 2.05) is 0 Å². The van der Waals surface area contributed by atoms with Crippen molar-refractivity contribution in [1.82, 2.24) is 9.97 Å². The van der Waals surface area contributed by atoms with Crippen molar-refractivity contribution in [3.05, 3.63) is 82.4 Å². The van der Waals surface area contributed by atoms with Crippen molar-refractivity contribution < 1.29 is 26.4 Å². The molecular weight excluding hydrogens is 491 g/mol. The number of hydrogen-bond donors (Lipinski definition) is 2. The second-order valence-corrected chi connectivity index (χ2v) is 9.77. The van der Waals surface area contributed by atoms with Gasteiger partial charge in [0, 0.05) is 33.9 Å². The fourth-order valence-corrected chi connectivity index (χ4v) is 4.73. The van der Waals surface area contributed by atoms with Crippen molar-refractivity contribution in [1.29, 1.82) is 0 Å². The zero-order valence-electron chi connectivity index (χ0n) is 17.6. The molecule has 2 N–H and O–H groups in total. The lowest BCUT2D eigenvalue weighted by molar-refractivity contribution is 0.103. The first-order valence-corrected chi connectivity index (χ1v) is 12.1. The fraction of sp³-hybridized carbons (Fsp3) is 0.130. The SMILES string of the molecule is CCCS(=O)(=O)Nc1c(F)c(F)cc(C(=O)c2c[nH]c3ncc(-c4ccc(Cl)cc4)cc23)c1F. The smallest absolute Gasteiger partial charge is 0.232 e. The lowest BCUT2D eigenvalue weighted by Crippen LogP contribution is -2.20.